The maximum absolute atomic E-state index is 11.8. The molecule has 0 radical (unpaired) electrons. The highest BCUT2D eigenvalue weighted by Gasteiger charge is 2.08. The number of amides is 1. The second-order valence-corrected chi connectivity index (χ2v) is 5.00. The molecule has 2 rings (SSSR count). The molecular weight excluding hydrogens is 332 g/mol. The van der Waals surface area contributed by atoms with Crippen LogP contribution >= 0.6 is 11.6 Å². The average Bonchev–Trinajstić information content (AvgIpc) is 2.60. The van der Waals surface area contributed by atoms with Crippen molar-refractivity contribution in [3.05, 3.63) is 64.2 Å². The summed E-state index contributed by atoms with van der Waals surface area (Å²) in [6.45, 7) is -0.109. The van der Waals surface area contributed by atoms with Crippen LogP contribution < -0.4 is 11.3 Å². The standard InChI is InChI=1S/C17H13ClN2O4/c18-14-10-13(7-8-15(14)21)17(23)24-9-1-2-11-3-5-12(6-4-11)16(22)20-19/h3-8,10,21H,9,19H2,(H,20,22). The molecule has 0 spiro atoms. The molecule has 1 amide bonds. The number of hydrazine groups is 1. The molecule has 0 fully saturated rings. The first kappa shape index (κ1) is 17.3. The molecule has 0 aliphatic rings. The highest BCUT2D eigenvalue weighted by molar-refractivity contribution is 6.32. The SMILES string of the molecule is NNC(=O)c1ccc(C#CCOC(=O)c2ccc(O)c(Cl)c2)cc1. The van der Waals surface area contributed by atoms with Crippen molar-refractivity contribution >= 4 is 23.5 Å². The van der Waals surface area contributed by atoms with E-state index in [-0.39, 0.29) is 22.9 Å². The summed E-state index contributed by atoms with van der Waals surface area (Å²) in [5.41, 5.74) is 3.33. The highest BCUT2D eigenvalue weighted by Crippen LogP contribution is 2.23. The molecule has 0 aromatic heterocycles. The first-order valence-corrected chi connectivity index (χ1v) is 7.14. The molecular formula is C17H13ClN2O4. The Hall–Kier alpha value is -3.01. The number of hydrogen-bond acceptors (Lipinski definition) is 5. The van der Waals surface area contributed by atoms with Crippen molar-refractivity contribution in [2.24, 2.45) is 5.84 Å². The molecule has 0 heterocycles. The zero-order chi connectivity index (χ0) is 17.5. The Bertz CT molecular complexity index is 823. The van der Waals surface area contributed by atoms with Crippen LogP contribution in [0.2, 0.25) is 5.02 Å². The number of aromatic hydroxyl groups is 1. The van der Waals surface area contributed by atoms with Gasteiger partial charge < -0.3 is 9.84 Å². The van der Waals surface area contributed by atoms with E-state index in [9.17, 15) is 14.7 Å². The molecule has 0 bridgehead atoms. The fourth-order valence-corrected chi connectivity index (χ4v) is 1.93. The van der Waals surface area contributed by atoms with E-state index in [4.69, 9.17) is 22.2 Å². The fraction of sp³-hybridized carbons (Fsp3) is 0.0588. The summed E-state index contributed by atoms with van der Waals surface area (Å²) < 4.78 is 4.99. The summed E-state index contributed by atoms with van der Waals surface area (Å²) in [7, 11) is 0. The smallest absolute Gasteiger partial charge is 0.339 e. The Morgan fingerprint density at radius 2 is 1.83 bits per heavy atom. The molecule has 0 aliphatic carbocycles. The van der Waals surface area contributed by atoms with E-state index in [0.717, 1.165) is 0 Å². The third-order valence-electron chi connectivity index (χ3n) is 2.97. The maximum Gasteiger partial charge on any atom is 0.339 e. The number of nitrogen functional groups attached to an aromatic ring is 1. The molecule has 0 aliphatic heterocycles. The second kappa shape index (κ2) is 8.02. The minimum absolute atomic E-state index is 0.0668. The molecule has 0 saturated heterocycles. The van der Waals surface area contributed by atoms with E-state index in [1.807, 2.05) is 5.43 Å². The summed E-state index contributed by atoms with van der Waals surface area (Å²) >= 11 is 5.72. The van der Waals surface area contributed by atoms with E-state index < -0.39 is 11.9 Å². The average molecular weight is 345 g/mol. The molecule has 7 heteroatoms. The highest BCUT2D eigenvalue weighted by atomic mass is 35.5. The van der Waals surface area contributed by atoms with Gasteiger partial charge in [0.1, 0.15) is 5.75 Å². The molecule has 0 unspecified atom stereocenters. The van der Waals surface area contributed by atoms with Gasteiger partial charge in [-0.2, -0.15) is 0 Å². The van der Waals surface area contributed by atoms with Crippen molar-refractivity contribution in [3.8, 4) is 17.6 Å². The third kappa shape index (κ3) is 4.49. The molecule has 2 aromatic carbocycles. The van der Waals surface area contributed by atoms with Gasteiger partial charge in [-0.1, -0.05) is 23.4 Å². The van der Waals surface area contributed by atoms with Crippen molar-refractivity contribution in [1.29, 1.82) is 0 Å². The number of rotatable bonds is 3. The Labute approximate surface area is 143 Å². The quantitative estimate of drug-likeness (QED) is 0.259. The first-order valence-electron chi connectivity index (χ1n) is 6.77. The van der Waals surface area contributed by atoms with Crippen molar-refractivity contribution in [2.45, 2.75) is 0 Å². The maximum atomic E-state index is 11.8. The number of hydrogen-bond donors (Lipinski definition) is 3. The predicted octanol–water partition coefficient (Wildman–Crippen LogP) is 1.86. The number of nitrogens with two attached hydrogens (primary N) is 1. The molecule has 6 nitrogen and oxygen atoms in total. The van der Waals surface area contributed by atoms with Gasteiger partial charge in [0, 0.05) is 11.1 Å². The van der Waals surface area contributed by atoms with E-state index in [1.54, 1.807) is 24.3 Å². The number of halogens is 1. The Morgan fingerprint density at radius 3 is 2.46 bits per heavy atom. The zero-order valence-electron chi connectivity index (χ0n) is 12.4. The minimum atomic E-state index is -0.596. The second-order valence-electron chi connectivity index (χ2n) is 4.59. The predicted molar refractivity (Wildman–Crippen MR) is 88.4 cm³/mol. The minimum Gasteiger partial charge on any atom is -0.506 e. The van der Waals surface area contributed by atoms with Crippen LogP contribution in [0.4, 0.5) is 0 Å². The monoisotopic (exact) mass is 344 g/mol. The van der Waals surface area contributed by atoms with Crippen molar-refractivity contribution in [3.63, 3.8) is 0 Å². The van der Waals surface area contributed by atoms with Gasteiger partial charge in [-0.15, -0.1) is 0 Å². The van der Waals surface area contributed by atoms with E-state index in [1.165, 1.54) is 18.2 Å². The lowest BCUT2D eigenvalue weighted by Crippen LogP contribution is -2.29. The number of nitrogens with one attached hydrogen (secondary N) is 1. The molecule has 24 heavy (non-hydrogen) atoms. The number of phenolic OH excluding ortho intramolecular Hbond substituents is 1. The summed E-state index contributed by atoms with van der Waals surface area (Å²) in [4.78, 5) is 23.1. The normalized spacial score (nSPS) is 9.58. The van der Waals surface area contributed by atoms with Gasteiger partial charge in [-0.05, 0) is 42.5 Å². The van der Waals surface area contributed by atoms with Crippen LogP contribution in [0.15, 0.2) is 42.5 Å². The van der Waals surface area contributed by atoms with Gasteiger partial charge in [-0.3, -0.25) is 10.2 Å². The molecule has 2 aromatic rings. The summed E-state index contributed by atoms with van der Waals surface area (Å²) in [5, 5.41) is 9.36. The molecule has 0 atom stereocenters. The van der Waals surface area contributed by atoms with Crippen LogP contribution in [0, 0.1) is 11.8 Å². The third-order valence-corrected chi connectivity index (χ3v) is 3.27. The van der Waals surface area contributed by atoms with Crippen LogP contribution in [-0.2, 0) is 4.74 Å². The molecule has 122 valence electrons. The van der Waals surface area contributed by atoms with Crippen LogP contribution in [-0.4, -0.2) is 23.6 Å². The number of esters is 1. The Morgan fingerprint density at radius 1 is 1.17 bits per heavy atom. The van der Waals surface area contributed by atoms with E-state index >= 15 is 0 Å². The first-order chi connectivity index (χ1) is 11.5. The van der Waals surface area contributed by atoms with Crippen molar-refractivity contribution in [1.82, 2.24) is 5.43 Å². The lowest BCUT2D eigenvalue weighted by atomic mass is 10.1. The van der Waals surface area contributed by atoms with Crippen LogP contribution in [0.3, 0.4) is 0 Å². The van der Waals surface area contributed by atoms with E-state index in [0.29, 0.717) is 11.1 Å². The lowest BCUT2D eigenvalue weighted by molar-refractivity contribution is 0.0556. The zero-order valence-corrected chi connectivity index (χ0v) is 13.1. The number of ether oxygens (including phenoxy) is 1. The topological polar surface area (TPSA) is 102 Å². The van der Waals surface area contributed by atoms with Gasteiger partial charge >= 0.3 is 5.97 Å². The largest absolute Gasteiger partial charge is 0.506 e. The Kier molecular flexibility index (Phi) is 5.79. The Balaban J connectivity index is 1.92. The number of phenols is 1. The van der Waals surface area contributed by atoms with Gasteiger partial charge in [0.05, 0.1) is 10.6 Å². The van der Waals surface area contributed by atoms with Crippen LogP contribution in [0.5, 0.6) is 5.75 Å². The number of carbonyl (C=O) groups is 2. The van der Waals surface area contributed by atoms with Crippen molar-refractivity contribution < 1.29 is 19.4 Å². The van der Waals surface area contributed by atoms with Crippen molar-refractivity contribution in [2.75, 3.05) is 6.61 Å². The summed E-state index contributed by atoms with van der Waals surface area (Å²) in [5.74, 6) is 9.43. The number of carbonyl (C=O) groups excluding carboxylic acids is 2. The molecule has 4 N–H and O–H groups in total. The van der Waals surface area contributed by atoms with E-state index in [2.05, 4.69) is 11.8 Å². The van der Waals surface area contributed by atoms with Gasteiger partial charge in [0.25, 0.3) is 5.91 Å². The molecule has 0 saturated carbocycles. The van der Waals surface area contributed by atoms with Crippen LogP contribution in [0.25, 0.3) is 0 Å². The summed E-state index contributed by atoms with van der Waals surface area (Å²) in [6.07, 6.45) is 0. The summed E-state index contributed by atoms with van der Waals surface area (Å²) in [6, 6.07) is 10.5. The van der Waals surface area contributed by atoms with Gasteiger partial charge in [-0.25, -0.2) is 10.6 Å². The fourth-order valence-electron chi connectivity index (χ4n) is 1.75. The van der Waals surface area contributed by atoms with Gasteiger partial charge in [0.15, 0.2) is 6.61 Å². The van der Waals surface area contributed by atoms with Crippen LogP contribution in [0.1, 0.15) is 26.3 Å². The van der Waals surface area contributed by atoms with Gasteiger partial charge in [0.2, 0.25) is 0 Å². The number of benzene rings is 2. The lowest BCUT2D eigenvalue weighted by Gasteiger charge is -2.02.